The molecule has 0 aliphatic heterocycles. The van der Waals surface area contributed by atoms with Crippen molar-refractivity contribution in [3.63, 3.8) is 0 Å². The summed E-state index contributed by atoms with van der Waals surface area (Å²) in [6.07, 6.45) is 0. The third-order valence-electron chi connectivity index (χ3n) is 3.96. The van der Waals surface area contributed by atoms with Crippen molar-refractivity contribution in [3.05, 3.63) is 59.7 Å². The molecule has 134 valence electrons. The highest BCUT2D eigenvalue weighted by Crippen LogP contribution is 2.37. The van der Waals surface area contributed by atoms with Gasteiger partial charge in [-0.1, -0.05) is 30.3 Å². The van der Waals surface area contributed by atoms with Crippen LogP contribution in [0.15, 0.2) is 53.4 Å². The van der Waals surface area contributed by atoms with Gasteiger partial charge in [0.2, 0.25) is 0 Å². The van der Waals surface area contributed by atoms with E-state index in [1.54, 1.807) is 24.3 Å². The molecule has 0 unspecified atom stereocenters. The van der Waals surface area contributed by atoms with E-state index in [2.05, 4.69) is 5.32 Å². The molecule has 0 saturated heterocycles. The van der Waals surface area contributed by atoms with E-state index in [-0.39, 0.29) is 33.5 Å². The van der Waals surface area contributed by atoms with Gasteiger partial charge in [0.1, 0.15) is 10.6 Å². The largest absolute Gasteiger partial charge is 0.505 e. The number of hydrogen-bond acceptors (Lipinski definition) is 5. The van der Waals surface area contributed by atoms with Gasteiger partial charge in [0.05, 0.1) is 11.3 Å². The van der Waals surface area contributed by atoms with Gasteiger partial charge in [-0.2, -0.15) is 8.42 Å². The van der Waals surface area contributed by atoms with Gasteiger partial charge in [0, 0.05) is 16.5 Å². The predicted molar refractivity (Wildman–Crippen MR) is 99.0 cm³/mol. The first-order valence-electron chi connectivity index (χ1n) is 7.58. The Bertz CT molecular complexity index is 1140. The first-order chi connectivity index (χ1) is 12.2. The van der Waals surface area contributed by atoms with Crippen LogP contribution < -0.4 is 11.1 Å². The number of nitrogen functional groups attached to an aromatic ring is 1. The molecule has 0 radical (unpaired) electrons. The van der Waals surface area contributed by atoms with Gasteiger partial charge in [-0.05, 0) is 30.7 Å². The topological polar surface area (TPSA) is 130 Å². The molecule has 0 bridgehead atoms. The number of nitrogens with one attached hydrogen (secondary N) is 1. The highest BCUT2D eigenvalue weighted by atomic mass is 32.2. The molecule has 26 heavy (non-hydrogen) atoms. The van der Waals surface area contributed by atoms with Crippen LogP contribution in [0.5, 0.6) is 5.75 Å². The Morgan fingerprint density at radius 3 is 2.35 bits per heavy atom. The predicted octanol–water partition coefficient (Wildman–Crippen LogP) is 2.94. The lowest BCUT2D eigenvalue weighted by Crippen LogP contribution is -2.15. The number of amides is 1. The third-order valence-corrected chi connectivity index (χ3v) is 4.85. The van der Waals surface area contributed by atoms with Gasteiger partial charge < -0.3 is 16.2 Å². The van der Waals surface area contributed by atoms with Crippen LogP contribution in [0.4, 0.5) is 11.4 Å². The maximum atomic E-state index is 12.5. The van der Waals surface area contributed by atoms with Crippen LogP contribution in [0.2, 0.25) is 0 Å². The Morgan fingerprint density at radius 1 is 1.08 bits per heavy atom. The standard InChI is InChI=1S/C18H16N2O5S/c1-10-6-7-13(14(19)8-10)18(22)20-15-9-16(26(23,24)25)11-4-2-3-5-12(11)17(15)21/h2-9,21H,19H2,1H3,(H,20,22)(H,23,24,25). The lowest BCUT2D eigenvalue weighted by Gasteiger charge is -2.13. The summed E-state index contributed by atoms with van der Waals surface area (Å²) >= 11 is 0. The van der Waals surface area contributed by atoms with E-state index in [1.165, 1.54) is 18.2 Å². The van der Waals surface area contributed by atoms with E-state index < -0.39 is 20.9 Å². The van der Waals surface area contributed by atoms with Gasteiger partial charge in [0.15, 0.2) is 0 Å². The van der Waals surface area contributed by atoms with Gasteiger partial charge in [-0.3, -0.25) is 9.35 Å². The number of aryl methyl sites for hydroxylation is 1. The smallest absolute Gasteiger partial charge is 0.295 e. The number of aromatic hydroxyl groups is 1. The second-order valence-corrected chi connectivity index (χ2v) is 7.23. The number of carbonyl (C=O) groups excluding carboxylic acids is 1. The molecule has 0 aliphatic carbocycles. The monoisotopic (exact) mass is 372 g/mol. The quantitative estimate of drug-likeness (QED) is 0.318. The second kappa shape index (κ2) is 6.32. The van der Waals surface area contributed by atoms with Crippen LogP contribution >= 0.6 is 0 Å². The van der Waals surface area contributed by atoms with Crippen LogP contribution in [-0.4, -0.2) is 24.0 Å². The minimum absolute atomic E-state index is 0.139. The van der Waals surface area contributed by atoms with E-state index in [4.69, 9.17) is 5.73 Å². The van der Waals surface area contributed by atoms with Crippen LogP contribution in [0.25, 0.3) is 10.8 Å². The molecule has 0 saturated carbocycles. The highest BCUT2D eigenvalue weighted by molar-refractivity contribution is 7.86. The Labute approximate surface area is 149 Å². The first-order valence-corrected chi connectivity index (χ1v) is 9.02. The molecule has 0 heterocycles. The summed E-state index contributed by atoms with van der Waals surface area (Å²) in [6, 6.07) is 12.0. The number of hydrogen-bond donors (Lipinski definition) is 4. The van der Waals surface area contributed by atoms with Crippen LogP contribution in [-0.2, 0) is 10.1 Å². The minimum Gasteiger partial charge on any atom is -0.505 e. The van der Waals surface area contributed by atoms with E-state index in [9.17, 15) is 22.9 Å². The van der Waals surface area contributed by atoms with Gasteiger partial charge in [-0.15, -0.1) is 0 Å². The molecular formula is C18H16N2O5S. The van der Waals surface area contributed by atoms with Crippen LogP contribution in [0.3, 0.4) is 0 Å². The van der Waals surface area contributed by atoms with Crippen LogP contribution in [0, 0.1) is 6.92 Å². The molecule has 0 spiro atoms. The summed E-state index contributed by atoms with van der Waals surface area (Å²) in [4.78, 5) is 12.1. The molecular weight excluding hydrogens is 356 g/mol. The van der Waals surface area contributed by atoms with Gasteiger partial charge >= 0.3 is 0 Å². The molecule has 7 nitrogen and oxygen atoms in total. The number of carbonyl (C=O) groups is 1. The zero-order chi connectivity index (χ0) is 19.1. The molecule has 0 aromatic heterocycles. The number of benzene rings is 3. The summed E-state index contributed by atoms with van der Waals surface area (Å²) in [5, 5.41) is 13.2. The third kappa shape index (κ3) is 3.19. The van der Waals surface area contributed by atoms with Gasteiger partial charge in [0.25, 0.3) is 16.0 Å². The van der Waals surface area contributed by atoms with E-state index in [1.807, 2.05) is 6.92 Å². The summed E-state index contributed by atoms with van der Waals surface area (Å²) in [6.45, 7) is 1.82. The summed E-state index contributed by atoms with van der Waals surface area (Å²) < 4.78 is 32.9. The SMILES string of the molecule is Cc1ccc(C(=O)Nc2cc(S(=O)(=O)O)c3ccccc3c2O)c(N)c1. The fourth-order valence-corrected chi connectivity index (χ4v) is 3.44. The molecule has 0 aliphatic rings. The number of fused-ring (bicyclic) bond motifs is 1. The normalized spacial score (nSPS) is 11.5. The molecule has 1 amide bonds. The van der Waals surface area contributed by atoms with Crippen molar-refractivity contribution in [1.29, 1.82) is 0 Å². The molecule has 8 heteroatoms. The van der Waals surface area contributed by atoms with Crippen molar-refractivity contribution in [2.24, 2.45) is 0 Å². The maximum absolute atomic E-state index is 12.5. The molecule has 5 N–H and O–H groups in total. The average Bonchev–Trinajstić information content (AvgIpc) is 2.56. The fraction of sp³-hybridized carbons (Fsp3) is 0.0556. The number of phenolic OH excluding ortho intramolecular Hbond substituents is 1. The van der Waals surface area contributed by atoms with Crippen molar-refractivity contribution in [3.8, 4) is 5.75 Å². The zero-order valence-electron chi connectivity index (χ0n) is 13.7. The minimum atomic E-state index is -4.57. The lowest BCUT2D eigenvalue weighted by atomic mass is 10.1. The Kier molecular flexibility index (Phi) is 4.31. The van der Waals surface area contributed by atoms with Crippen molar-refractivity contribution >= 4 is 38.2 Å². The maximum Gasteiger partial charge on any atom is 0.295 e. The highest BCUT2D eigenvalue weighted by Gasteiger charge is 2.21. The number of phenols is 1. The molecule has 3 aromatic rings. The second-order valence-electron chi connectivity index (χ2n) is 5.84. The van der Waals surface area contributed by atoms with E-state index >= 15 is 0 Å². The molecule has 3 rings (SSSR count). The number of anilines is 2. The van der Waals surface area contributed by atoms with Crippen LogP contribution in [0.1, 0.15) is 15.9 Å². The first kappa shape index (κ1) is 17.7. The van der Waals surface area contributed by atoms with Crippen molar-refractivity contribution in [2.75, 3.05) is 11.1 Å². The number of nitrogens with two attached hydrogens (primary N) is 1. The molecule has 0 fully saturated rings. The van der Waals surface area contributed by atoms with Crippen molar-refractivity contribution < 1.29 is 22.9 Å². The Hall–Kier alpha value is -3.10. The average molecular weight is 372 g/mol. The van der Waals surface area contributed by atoms with Crippen molar-refractivity contribution in [2.45, 2.75) is 11.8 Å². The number of rotatable bonds is 3. The van der Waals surface area contributed by atoms with Gasteiger partial charge in [-0.25, -0.2) is 0 Å². The van der Waals surface area contributed by atoms with Crippen molar-refractivity contribution in [1.82, 2.24) is 0 Å². The lowest BCUT2D eigenvalue weighted by molar-refractivity contribution is 0.102. The Balaban J connectivity index is 2.13. The fourth-order valence-electron chi connectivity index (χ4n) is 2.71. The summed E-state index contributed by atoms with van der Waals surface area (Å²) in [7, 11) is -4.57. The summed E-state index contributed by atoms with van der Waals surface area (Å²) in [5.41, 5.74) is 6.99. The zero-order valence-corrected chi connectivity index (χ0v) is 14.5. The molecule has 0 atom stereocenters. The van der Waals surface area contributed by atoms with E-state index in [0.29, 0.717) is 0 Å². The summed E-state index contributed by atoms with van der Waals surface area (Å²) in [5.74, 6) is -0.929. The van der Waals surface area contributed by atoms with E-state index in [0.717, 1.165) is 11.6 Å². The molecule has 3 aromatic carbocycles. The Morgan fingerprint density at radius 2 is 1.73 bits per heavy atom.